The van der Waals surface area contributed by atoms with Gasteiger partial charge in [0, 0.05) is 24.7 Å². The molecule has 0 bridgehead atoms. The van der Waals surface area contributed by atoms with Gasteiger partial charge in [-0.05, 0) is 42.8 Å². The number of fused-ring (bicyclic) bond motifs is 1. The Hall–Kier alpha value is -2.62. The summed E-state index contributed by atoms with van der Waals surface area (Å²) in [5.41, 5.74) is 3.97. The summed E-state index contributed by atoms with van der Waals surface area (Å²) < 4.78 is 2.09. The molecule has 0 radical (unpaired) electrons. The largest absolute Gasteiger partial charge is 0.327 e. The van der Waals surface area contributed by atoms with E-state index in [0.717, 1.165) is 47.4 Å². The van der Waals surface area contributed by atoms with Crippen molar-refractivity contribution >= 4 is 22.6 Å². The second-order valence-electron chi connectivity index (χ2n) is 6.07. The van der Waals surface area contributed by atoms with E-state index in [4.69, 9.17) is 4.98 Å². The molecule has 0 aliphatic heterocycles. The molecule has 4 nitrogen and oxygen atoms in total. The minimum Gasteiger partial charge on any atom is -0.327 e. The molecule has 0 atom stereocenters. The van der Waals surface area contributed by atoms with Crippen LogP contribution in [0.2, 0.25) is 0 Å². The van der Waals surface area contributed by atoms with Crippen LogP contribution < -0.4 is 5.32 Å². The third-order valence-corrected chi connectivity index (χ3v) is 4.22. The number of benzene rings is 2. The molecule has 4 heteroatoms. The minimum atomic E-state index is 0.0823. The Bertz CT molecular complexity index is 834. The first-order chi connectivity index (χ1) is 11.7. The van der Waals surface area contributed by atoms with Gasteiger partial charge in [-0.3, -0.25) is 4.79 Å². The van der Waals surface area contributed by atoms with Crippen molar-refractivity contribution in [3.8, 4) is 11.4 Å². The number of rotatable bonds is 6. The van der Waals surface area contributed by atoms with E-state index in [2.05, 4.69) is 22.9 Å². The van der Waals surface area contributed by atoms with Gasteiger partial charge in [0.1, 0.15) is 5.82 Å². The first-order valence-corrected chi connectivity index (χ1v) is 8.51. The molecule has 1 amide bonds. The molecule has 0 saturated heterocycles. The molecule has 0 spiro atoms. The first kappa shape index (κ1) is 16.2. The van der Waals surface area contributed by atoms with Crippen LogP contribution >= 0.6 is 0 Å². The zero-order valence-corrected chi connectivity index (χ0v) is 14.2. The van der Waals surface area contributed by atoms with Crippen LogP contribution in [0.4, 0.5) is 5.69 Å². The number of nitrogens with zero attached hydrogens (tertiary/aromatic N) is 2. The van der Waals surface area contributed by atoms with Crippen molar-refractivity contribution in [3.63, 3.8) is 0 Å². The Morgan fingerprint density at radius 3 is 2.54 bits per heavy atom. The van der Waals surface area contributed by atoms with E-state index in [0.29, 0.717) is 6.42 Å². The Balaban J connectivity index is 1.74. The van der Waals surface area contributed by atoms with Crippen LogP contribution in [0.1, 0.15) is 32.6 Å². The van der Waals surface area contributed by atoms with Crippen LogP contribution in [0.25, 0.3) is 22.4 Å². The number of amides is 1. The predicted octanol–water partition coefficient (Wildman–Crippen LogP) is 4.76. The van der Waals surface area contributed by atoms with E-state index < -0.39 is 0 Å². The van der Waals surface area contributed by atoms with Crippen molar-refractivity contribution < 1.29 is 4.79 Å². The molecule has 3 aromatic rings. The number of carbonyl (C=O) groups is 1. The van der Waals surface area contributed by atoms with E-state index in [-0.39, 0.29) is 5.91 Å². The fraction of sp³-hybridized carbons (Fsp3) is 0.300. The quantitative estimate of drug-likeness (QED) is 0.665. The average Bonchev–Trinajstić information content (AvgIpc) is 2.93. The molecule has 0 aliphatic carbocycles. The smallest absolute Gasteiger partial charge is 0.224 e. The highest BCUT2D eigenvalue weighted by Gasteiger charge is 2.09. The molecule has 3 rings (SSSR count). The summed E-state index contributed by atoms with van der Waals surface area (Å²) in [5, 5.41) is 2.95. The number of para-hydroxylation sites is 2. The van der Waals surface area contributed by atoms with Crippen molar-refractivity contribution in [1.82, 2.24) is 9.55 Å². The standard InChI is InChI=1S/C20H23N3O/c1-3-4-5-10-19(24)21-16-13-11-15(12-14-16)20-22-17-8-6-7-9-18(17)23(20)2/h6-9,11-14H,3-5,10H2,1-2H3,(H,21,24). The van der Waals surface area contributed by atoms with Crippen LogP contribution in [0, 0.1) is 0 Å². The molecule has 0 saturated carbocycles. The molecule has 24 heavy (non-hydrogen) atoms. The van der Waals surface area contributed by atoms with E-state index in [1.165, 1.54) is 0 Å². The van der Waals surface area contributed by atoms with Crippen LogP contribution in [-0.2, 0) is 11.8 Å². The van der Waals surface area contributed by atoms with Crippen molar-refractivity contribution in [2.75, 3.05) is 5.32 Å². The number of aromatic nitrogens is 2. The topological polar surface area (TPSA) is 46.9 Å². The lowest BCUT2D eigenvalue weighted by Gasteiger charge is -2.07. The fourth-order valence-electron chi connectivity index (χ4n) is 2.87. The van der Waals surface area contributed by atoms with Gasteiger partial charge >= 0.3 is 0 Å². The second kappa shape index (κ2) is 7.30. The molecular formula is C20H23N3O. The number of carbonyl (C=O) groups excluding carboxylic acids is 1. The van der Waals surface area contributed by atoms with Gasteiger partial charge in [0.05, 0.1) is 11.0 Å². The lowest BCUT2D eigenvalue weighted by atomic mass is 10.1. The lowest BCUT2D eigenvalue weighted by Crippen LogP contribution is -2.10. The summed E-state index contributed by atoms with van der Waals surface area (Å²) >= 11 is 0. The van der Waals surface area contributed by atoms with Gasteiger partial charge in [0.15, 0.2) is 0 Å². The number of anilines is 1. The van der Waals surface area contributed by atoms with Gasteiger partial charge in [-0.15, -0.1) is 0 Å². The van der Waals surface area contributed by atoms with Crippen LogP contribution in [0.15, 0.2) is 48.5 Å². The van der Waals surface area contributed by atoms with E-state index in [1.807, 2.05) is 49.5 Å². The number of nitrogens with one attached hydrogen (secondary N) is 1. The predicted molar refractivity (Wildman–Crippen MR) is 98.9 cm³/mol. The van der Waals surface area contributed by atoms with Gasteiger partial charge in [-0.1, -0.05) is 31.9 Å². The van der Waals surface area contributed by atoms with Gasteiger partial charge in [-0.2, -0.15) is 0 Å². The highest BCUT2D eigenvalue weighted by Crippen LogP contribution is 2.24. The highest BCUT2D eigenvalue weighted by molar-refractivity contribution is 5.91. The summed E-state index contributed by atoms with van der Waals surface area (Å²) in [6.45, 7) is 2.14. The number of imidazole rings is 1. The van der Waals surface area contributed by atoms with Gasteiger partial charge in [0.2, 0.25) is 5.91 Å². The Morgan fingerprint density at radius 1 is 1.08 bits per heavy atom. The highest BCUT2D eigenvalue weighted by atomic mass is 16.1. The minimum absolute atomic E-state index is 0.0823. The maximum absolute atomic E-state index is 11.9. The zero-order chi connectivity index (χ0) is 16.9. The monoisotopic (exact) mass is 321 g/mol. The molecule has 1 N–H and O–H groups in total. The van der Waals surface area contributed by atoms with Gasteiger partial charge in [-0.25, -0.2) is 4.98 Å². The number of unbranched alkanes of at least 4 members (excludes halogenated alkanes) is 2. The van der Waals surface area contributed by atoms with Gasteiger partial charge in [0.25, 0.3) is 0 Å². The third kappa shape index (κ3) is 3.48. The number of aryl methyl sites for hydroxylation is 1. The van der Waals surface area contributed by atoms with E-state index in [9.17, 15) is 4.79 Å². The lowest BCUT2D eigenvalue weighted by molar-refractivity contribution is -0.116. The molecule has 0 aliphatic rings. The molecule has 0 fully saturated rings. The van der Waals surface area contributed by atoms with E-state index in [1.54, 1.807) is 0 Å². The van der Waals surface area contributed by atoms with E-state index >= 15 is 0 Å². The Labute approximate surface area is 142 Å². The summed E-state index contributed by atoms with van der Waals surface area (Å²) in [5.74, 6) is 1.01. The molecule has 124 valence electrons. The SMILES string of the molecule is CCCCCC(=O)Nc1ccc(-c2nc3ccccc3n2C)cc1. The fourth-order valence-corrected chi connectivity index (χ4v) is 2.87. The average molecular weight is 321 g/mol. The summed E-state index contributed by atoms with van der Waals surface area (Å²) in [6, 6.07) is 16.0. The normalized spacial score (nSPS) is 10.9. The van der Waals surface area contributed by atoms with Crippen molar-refractivity contribution in [3.05, 3.63) is 48.5 Å². The number of hydrogen-bond donors (Lipinski definition) is 1. The zero-order valence-electron chi connectivity index (χ0n) is 14.2. The summed E-state index contributed by atoms with van der Waals surface area (Å²) in [6.07, 6.45) is 3.75. The van der Waals surface area contributed by atoms with Crippen LogP contribution in [0.3, 0.4) is 0 Å². The molecular weight excluding hydrogens is 298 g/mol. The van der Waals surface area contributed by atoms with Crippen molar-refractivity contribution in [2.24, 2.45) is 7.05 Å². The maximum atomic E-state index is 11.9. The Kier molecular flexibility index (Phi) is 4.94. The molecule has 2 aromatic carbocycles. The van der Waals surface area contributed by atoms with Crippen LogP contribution in [-0.4, -0.2) is 15.5 Å². The van der Waals surface area contributed by atoms with Crippen molar-refractivity contribution in [2.45, 2.75) is 32.6 Å². The first-order valence-electron chi connectivity index (χ1n) is 8.51. The molecule has 0 unspecified atom stereocenters. The van der Waals surface area contributed by atoms with Crippen LogP contribution in [0.5, 0.6) is 0 Å². The molecule has 1 heterocycles. The summed E-state index contributed by atoms with van der Waals surface area (Å²) in [4.78, 5) is 16.6. The van der Waals surface area contributed by atoms with Crippen molar-refractivity contribution in [1.29, 1.82) is 0 Å². The number of hydrogen-bond acceptors (Lipinski definition) is 2. The summed E-state index contributed by atoms with van der Waals surface area (Å²) in [7, 11) is 2.02. The maximum Gasteiger partial charge on any atom is 0.224 e. The second-order valence-corrected chi connectivity index (χ2v) is 6.07. The Morgan fingerprint density at radius 2 is 1.83 bits per heavy atom. The third-order valence-electron chi connectivity index (χ3n) is 4.22. The molecule has 1 aromatic heterocycles. The van der Waals surface area contributed by atoms with Gasteiger partial charge < -0.3 is 9.88 Å².